The number of hydrogen-bond donors (Lipinski definition) is 4. The van der Waals surface area contributed by atoms with Crippen molar-refractivity contribution in [3.05, 3.63) is 35.4 Å². The molecule has 0 unspecified atom stereocenters. The lowest BCUT2D eigenvalue weighted by Crippen LogP contribution is -2.38. The minimum atomic E-state index is -4.56. The zero-order chi connectivity index (χ0) is 21.6. The predicted octanol–water partition coefficient (Wildman–Crippen LogP) is 1.76. The van der Waals surface area contributed by atoms with Gasteiger partial charge in [0.05, 0.1) is 18.8 Å². The van der Waals surface area contributed by atoms with Crippen molar-refractivity contribution in [2.45, 2.75) is 19.1 Å². The molecule has 1 aromatic heterocycles. The first-order valence-electron chi connectivity index (χ1n) is 8.25. The predicted molar refractivity (Wildman–Crippen MR) is 96.9 cm³/mol. The number of nitriles is 1. The summed E-state index contributed by atoms with van der Waals surface area (Å²) in [6, 6.07) is 4.58. The van der Waals surface area contributed by atoms with Gasteiger partial charge < -0.3 is 26.2 Å². The van der Waals surface area contributed by atoms with E-state index in [1.807, 2.05) is 0 Å². The molecule has 1 atom stereocenters. The zero-order valence-corrected chi connectivity index (χ0v) is 15.1. The Labute approximate surface area is 163 Å². The minimum absolute atomic E-state index is 0.0354. The van der Waals surface area contributed by atoms with Gasteiger partial charge in [0.15, 0.2) is 11.4 Å². The Hall–Kier alpha value is -3.59. The molecule has 154 valence electrons. The van der Waals surface area contributed by atoms with Crippen LogP contribution in [0.15, 0.2) is 24.3 Å². The summed E-state index contributed by atoms with van der Waals surface area (Å²) in [6.07, 6.45) is -4.56. The number of amides is 1. The van der Waals surface area contributed by atoms with E-state index in [1.54, 1.807) is 13.0 Å². The molecule has 29 heavy (non-hydrogen) atoms. The number of aliphatic hydroxyl groups is 1. The van der Waals surface area contributed by atoms with E-state index in [9.17, 15) is 28.3 Å². The Morgan fingerprint density at radius 2 is 2.14 bits per heavy atom. The molecule has 0 aliphatic rings. The van der Waals surface area contributed by atoms with Crippen molar-refractivity contribution in [3.63, 3.8) is 0 Å². The van der Waals surface area contributed by atoms with Gasteiger partial charge in [0.2, 0.25) is 17.7 Å². The fourth-order valence-corrected chi connectivity index (χ4v) is 2.27. The quantitative estimate of drug-likeness (QED) is 0.540. The number of aromatic nitrogens is 2. The van der Waals surface area contributed by atoms with Crippen LogP contribution in [0, 0.1) is 11.3 Å². The third-order valence-corrected chi connectivity index (χ3v) is 3.56. The second-order valence-corrected chi connectivity index (χ2v) is 5.60. The van der Waals surface area contributed by atoms with Crippen molar-refractivity contribution in [2.24, 2.45) is 0 Å². The molecule has 0 radical (unpaired) electrons. The molecule has 9 nitrogen and oxygen atoms in total. The van der Waals surface area contributed by atoms with Gasteiger partial charge in [0.1, 0.15) is 12.1 Å². The number of anilines is 3. The Balaban J connectivity index is 2.24. The molecule has 0 aliphatic carbocycles. The molecule has 1 amide bonds. The Kier molecular flexibility index (Phi) is 6.79. The van der Waals surface area contributed by atoms with Gasteiger partial charge in [0.25, 0.3) is 0 Å². The first-order chi connectivity index (χ1) is 13.7. The normalized spacial score (nSPS) is 12.0. The van der Waals surface area contributed by atoms with Crippen LogP contribution in [-0.4, -0.2) is 40.2 Å². The Bertz CT molecular complexity index is 930. The van der Waals surface area contributed by atoms with Crippen LogP contribution in [0.2, 0.25) is 0 Å². The highest BCUT2D eigenvalue weighted by atomic mass is 19.4. The molecule has 0 bridgehead atoms. The molecule has 0 saturated carbocycles. The summed E-state index contributed by atoms with van der Waals surface area (Å²) in [5.74, 6) is -1.52. The van der Waals surface area contributed by atoms with Gasteiger partial charge in [-0.3, -0.25) is 4.79 Å². The van der Waals surface area contributed by atoms with Gasteiger partial charge in [-0.25, -0.2) is 0 Å². The van der Waals surface area contributed by atoms with Gasteiger partial charge >= 0.3 is 6.18 Å². The molecule has 5 N–H and O–H groups in total. The van der Waals surface area contributed by atoms with E-state index < -0.39 is 30.3 Å². The highest BCUT2D eigenvalue weighted by molar-refractivity contribution is 5.97. The molecule has 0 aliphatic heterocycles. The van der Waals surface area contributed by atoms with Crippen LogP contribution >= 0.6 is 0 Å². The molecule has 2 rings (SSSR count). The lowest BCUT2D eigenvalue weighted by molar-refractivity contribution is -0.137. The minimum Gasteiger partial charge on any atom is -0.477 e. The largest absolute Gasteiger partial charge is 0.477 e. The lowest BCUT2D eigenvalue weighted by Gasteiger charge is -2.18. The van der Waals surface area contributed by atoms with Crippen molar-refractivity contribution in [1.82, 2.24) is 9.97 Å². The van der Waals surface area contributed by atoms with Gasteiger partial charge in [0, 0.05) is 5.69 Å². The first-order valence-corrected chi connectivity index (χ1v) is 8.25. The SMILES string of the molecule is CCOc1nc(N)nc(NC(=O)[C@H](CO)Nc2cccc(C(F)(F)F)c2)c1C#N. The number of ether oxygens (including phenoxy) is 1. The molecular weight excluding hydrogens is 393 g/mol. The van der Waals surface area contributed by atoms with Crippen molar-refractivity contribution in [3.8, 4) is 11.9 Å². The van der Waals surface area contributed by atoms with Crippen molar-refractivity contribution in [2.75, 3.05) is 29.6 Å². The molecular formula is C17H17F3N6O3. The number of aliphatic hydroxyl groups excluding tert-OH is 1. The van der Waals surface area contributed by atoms with Crippen molar-refractivity contribution >= 4 is 23.4 Å². The van der Waals surface area contributed by atoms with Crippen LogP contribution in [0.25, 0.3) is 0 Å². The number of alkyl halides is 3. The third-order valence-electron chi connectivity index (χ3n) is 3.56. The smallest absolute Gasteiger partial charge is 0.416 e. The van der Waals surface area contributed by atoms with Crippen molar-refractivity contribution in [1.29, 1.82) is 5.26 Å². The maximum absolute atomic E-state index is 12.8. The second kappa shape index (κ2) is 9.07. The maximum atomic E-state index is 12.8. The fraction of sp³-hybridized carbons (Fsp3) is 0.294. The second-order valence-electron chi connectivity index (χ2n) is 5.60. The van der Waals surface area contributed by atoms with E-state index in [0.717, 1.165) is 18.2 Å². The Morgan fingerprint density at radius 3 is 2.72 bits per heavy atom. The summed E-state index contributed by atoms with van der Waals surface area (Å²) < 4.78 is 43.7. The average Bonchev–Trinajstić information content (AvgIpc) is 2.65. The van der Waals surface area contributed by atoms with E-state index in [2.05, 4.69) is 20.6 Å². The molecule has 1 heterocycles. The standard InChI is InChI=1S/C17H17F3N6O3/c1-2-29-15-11(7-21)13(25-16(22)26-15)24-14(28)12(8-27)23-10-5-3-4-9(6-10)17(18,19)20/h3-6,12,23,27H,2,8H2,1H3,(H3,22,24,25,26,28)/t12-/m0/s1. The number of nitrogen functional groups attached to an aromatic ring is 1. The summed E-state index contributed by atoms with van der Waals surface area (Å²) >= 11 is 0. The summed E-state index contributed by atoms with van der Waals surface area (Å²) in [4.78, 5) is 20.0. The average molecular weight is 410 g/mol. The topological polar surface area (TPSA) is 146 Å². The molecule has 1 aromatic carbocycles. The Morgan fingerprint density at radius 1 is 1.41 bits per heavy atom. The fourth-order valence-electron chi connectivity index (χ4n) is 2.27. The number of carbonyl (C=O) groups excluding carboxylic acids is 1. The summed E-state index contributed by atoms with van der Waals surface area (Å²) in [6.45, 7) is 1.08. The van der Waals surface area contributed by atoms with E-state index >= 15 is 0 Å². The van der Waals surface area contributed by atoms with Crippen LogP contribution in [0.3, 0.4) is 0 Å². The van der Waals surface area contributed by atoms with E-state index in [4.69, 9.17) is 10.5 Å². The molecule has 0 fully saturated rings. The first kappa shape index (κ1) is 21.7. The number of nitrogens with one attached hydrogen (secondary N) is 2. The van der Waals surface area contributed by atoms with E-state index in [1.165, 1.54) is 6.07 Å². The summed E-state index contributed by atoms with van der Waals surface area (Å²) in [5.41, 5.74) is 4.40. The highest BCUT2D eigenvalue weighted by Gasteiger charge is 2.31. The van der Waals surface area contributed by atoms with Gasteiger partial charge in [-0.15, -0.1) is 0 Å². The van der Waals surface area contributed by atoms with E-state index in [0.29, 0.717) is 0 Å². The third kappa shape index (κ3) is 5.45. The number of benzene rings is 1. The highest BCUT2D eigenvalue weighted by Crippen LogP contribution is 2.31. The van der Waals surface area contributed by atoms with Crippen LogP contribution in [-0.2, 0) is 11.0 Å². The lowest BCUT2D eigenvalue weighted by atomic mass is 10.1. The van der Waals surface area contributed by atoms with Crippen LogP contribution in [0.5, 0.6) is 5.88 Å². The zero-order valence-electron chi connectivity index (χ0n) is 15.1. The number of nitrogens with two attached hydrogens (primary N) is 1. The number of halogens is 3. The number of carbonyl (C=O) groups is 1. The van der Waals surface area contributed by atoms with E-state index in [-0.39, 0.29) is 35.5 Å². The van der Waals surface area contributed by atoms with Crippen molar-refractivity contribution < 1.29 is 27.8 Å². The van der Waals surface area contributed by atoms with Gasteiger partial charge in [-0.2, -0.15) is 28.4 Å². The molecule has 0 saturated heterocycles. The van der Waals surface area contributed by atoms with Crippen LogP contribution in [0.1, 0.15) is 18.1 Å². The van der Waals surface area contributed by atoms with Gasteiger partial charge in [-0.05, 0) is 25.1 Å². The van der Waals surface area contributed by atoms with Gasteiger partial charge in [-0.1, -0.05) is 6.07 Å². The number of rotatable bonds is 7. The van der Waals surface area contributed by atoms with Crippen LogP contribution < -0.4 is 21.1 Å². The maximum Gasteiger partial charge on any atom is 0.416 e. The number of nitrogens with zero attached hydrogens (tertiary/aromatic N) is 3. The summed E-state index contributed by atoms with van der Waals surface area (Å²) in [7, 11) is 0. The monoisotopic (exact) mass is 410 g/mol. The number of hydrogen-bond acceptors (Lipinski definition) is 8. The molecule has 12 heteroatoms. The molecule has 0 spiro atoms. The van der Waals surface area contributed by atoms with Crippen LogP contribution in [0.4, 0.5) is 30.6 Å². The summed E-state index contributed by atoms with van der Waals surface area (Å²) in [5, 5.41) is 23.6. The molecule has 2 aromatic rings.